The molecule has 3 unspecified atom stereocenters. The van der Waals surface area contributed by atoms with Crippen molar-refractivity contribution in [3.63, 3.8) is 0 Å². The zero-order valence-corrected chi connectivity index (χ0v) is 9.97. The van der Waals surface area contributed by atoms with E-state index in [2.05, 4.69) is 0 Å². The van der Waals surface area contributed by atoms with E-state index in [0.717, 1.165) is 0 Å². The standard InChI is InChI=1S/C11H19NO4/c1-4-9(10(13)14)12-5-7(2)8(6-12)11(15)16-3/h7-9H,4-6H2,1-3H3,(H,13,14). The summed E-state index contributed by atoms with van der Waals surface area (Å²) in [7, 11) is 1.37. The fourth-order valence-corrected chi connectivity index (χ4v) is 2.31. The van der Waals surface area contributed by atoms with Crippen molar-refractivity contribution >= 4 is 11.9 Å². The molecule has 92 valence electrons. The summed E-state index contributed by atoms with van der Waals surface area (Å²) in [4.78, 5) is 24.3. The maximum Gasteiger partial charge on any atom is 0.320 e. The zero-order valence-electron chi connectivity index (χ0n) is 9.97. The van der Waals surface area contributed by atoms with Gasteiger partial charge in [-0.2, -0.15) is 0 Å². The average Bonchev–Trinajstić information content (AvgIpc) is 2.59. The molecule has 0 aromatic carbocycles. The molecule has 0 aromatic heterocycles. The van der Waals surface area contributed by atoms with Crippen LogP contribution in [0.25, 0.3) is 0 Å². The number of carboxylic acids is 1. The molecular formula is C11H19NO4. The van der Waals surface area contributed by atoms with Crippen molar-refractivity contribution < 1.29 is 19.4 Å². The summed E-state index contributed by atoms with van der Waals surface area (Å²) in [6, 6.07) is -0.489. The lowest BCUT2D eigenvalue weighted by molar-refractivity contribution is -0.147. The fraction of sp³-hybridized carbons (Fsp3) is 0.818. The molecule has 0 spiro atoms. The molecule has 16 heavy (non-hydrogen) atoms. The minimum atomic E-state index is -0.819. The van der Waals surface area contributed by atoms with Crippen LogP contribution in [0.5, 0.6) is 0 Å². The van der Waals surface area contributed by atoms with E-state index in [-0.39, 0.29) is 17.8 Å². The van der Waals surface area contributed by atoms with Crippen LogP contribution in [-0.2, 0) is 14.3 Å². The summed E-state index contributed by atoms with van der Waals surface area (Å²) in [5, 5.41) is 9.04. The Labute approximate surface area is 95.4 Å². The summed E-state index contributed by atoms with van der Waals surface area (Å²) < 4.78 is 4.71. The number of rotatable bonds is 4. The number of carbonyl (C=O) groups is 2. The number of aliphatic carboxylic acids is 1. The summed E-state index contributed by atoms with van der Waals surface area (Å²) in [6.45, 7) is 4.92. The summed E-state index contributed by atoms with van der Waals surface area (Å²) in [5.74, 6) is -1.10. The third-order valence-electron chi connectivity index (χ3n) is 3.26. The molecule has 1 rings (SSSR count). The number of esters is 1. The van der Waals surface area contributed by atoms with Gasteiger partial charge in [-0.25, -0.2) is 0 Å². The van der Waals surface area contributed by atoms with Crippen molar-refractivity contribution in [1.29, 1.82) is 0 Å². The fourth-order valence-electron chi connectivity index (χ4n) is 2.31. The number of hydrogen-bond donors (Lipinski definition) is 1. The summed E-state index contributed by atoms with van der Waals surface area (Å²) >= 11 is 0. The maximum absolute atomic E-state index is 11.5. The van der Waals surface area contributed by atoms with E-state index in [9.17, 15) is 9.59 Å². The Morgan fingerprint density at radius 1 is 1.50 bits per heavy atom. The van der Waals surface area contributed by atoms with E-state index in [1.54, 1.807) is 0 Å². The minimum absolute atomic E-state index is 0.154. The highest BCUT2D eigenvalue weighted by Gasteiger charge is 2.39. The van der Waals surface area contributed by atoms with Crippen LogP contribution < -0.4 is 0 Å². The number of ether oxygens (including phenoxy) is 1. The van der Waals surface area contributed by atoms with Gasteiger partial charge in [-0.15, -0.1) is 0 Å². The Bertz CT molecular complexity index is 279. The first-order valence-electron chi connectivity index (χ1n) is 5.55. The van der Waals surface area contributed by atoms with Gasteiger partial charge in [0, 0.05) is 13.1 Å². The Morgan fingerprint density at radius 2 is 2.12 bits per heavy atom. The van der Waals surface area contributed by atoms with Gasteiger partial charge in [-0.3, -0.25) is 14.5 Å². The monoisotopic (exact) mass is 229 g/mol. The van der Waals surface area contributed by atoms with Crippen molar-refractivity contribution in [2.45, 2.75) is 26.3 Å². The number of nitrogens with zero attached hydrogens (tertiary/aromatic N) is 1. The molecule has 5 nitrogen and oxygen atoms in total. The lowest BCUT2D eigenvalue weighted by atomic mass is 9.99. The predicted molar refractivity (Wildman–Crippen MR) is 58.0 cm³/mol. The normalized spacial score (nSPS) is 27.7. The lowest BCUT2D eigenvalue weighted by Crippen LogP contribution is -2.39. The molecule has 1 N–H and O–H groups in total. The van der Waals surface area contributed by atoms with Crippen LogP contribution in [-0.4, -0.2) is 48.2 Å². The number of hydrogen-bond acceptors (Lipinski definition) is 4. The molecule has 1 fully saturated rings. The second-order valence-corrected chi connectivity index (χ2v) is 4.32. The highest BCUT2D eigenvalue weighted by molar-refractivity contribution is 5.75. The Kier molecular flexibility index (Phi) is 4.29. The lowest BCUT2D eigenvalue weighted by Gasteiger charge is -2.22. The quantitative estimate of drug-likeness (QED) is 0.715. The predicted octanol–water partition coefficient (Wildman–Crippen LogP) is 0.590. The van der Waals surface area contributed by atoms with E-state index in [0.29, 0.717) is 19.5 Å². The molecule has 1 saturated heterocycles. The van der Waals surface area contributed by atoms with Crippen LogP contribution in [0.1, 0.15) is 20.3 Å². The van der Waals surface area contributed by atoms with Gasteiger partial charge >= 0.3 is 11.9 Å². The van der Waals surface area contributed by atoms with Gasteiger partial charge in [-0.1, -0.05) is 13.8 Å². The molecule has 0 bridgehead atoms. The molecule has 5 heteroatoms. The Morgan fingerprint density at radius 3 is 2.56 bits per heavy atom. The summed E-state index contributed by atoms with van der Waals surface area (Å²) in [6.07, 6.45) is 0.552. The highest BCUT2D eigenvalue weighted by atomic mass is 16.5. The number of carboxylic acid groups (broad SMARTS) is 1. The average molecular weight is 229 g/mol. The first-order chi connectivity index (χ1) is 7.51. The SMILES string of the molecule is CCC(C(=O)O)N1CC(C)C(C(=O)OC)C1. The molecule has 1 aliphatic rings. The van der Waals surface area contributed by atoms with Crippen LogP contribution in [0.3, 0.4) is 0 Å². The topological polar surface area (TPSA) is 66.8 Å². The van der Waals surface area contributed by atoms with Gasteiger partial charge in [-0.05, 0) is 12.3 Å². The highest BCUT2D eigenvalue weighted by Crippen LogP contribution is 2.26. The van der Waals surface area contributed by atoms with Crippen LogP contribution in [0.2, 0.25) is 0 Å². The number of methoxy groups -OCH3 is 1. The molecule has 0 aliphatic carbocycles. The Balaban J connectivity index is 2.68. The van der Waals surface area contributed by atoms with E-state index in [1.165, 1.54) is 7.11 Å². The van der Waals surface area contributed by atoms with Gasteiger partial charge in [0.15, 0.2) is 0 Å². The molecular weight excluding hydrogens is 210 g/mol. The number of likely N-dealkylation sites (tertiary alicyclic amines) is 1. The molecule has 0 saturated carbocycles. The van der Waals surface area contributed by atoms with Crippen molar-refractivity contribution in [1.82, 2.24) is 4.90 Å². The second kappa shape index (κ2) is 5.30. The van der Waals surface area contributed by atoms with Crippen molar-refractivity contribution in [3.8, 4) is 0 Å². The molecule has 0 amide bonds. The molecule has 0 aromatic rings. The van der Waals surface area contributed by atoms with Crippen LogP contribution >= 0.6 is 0 Å². The zero-order chi connectivity index (χ0) is 12.3. The van der Waals surface area contributed by atoms with Gasteiger partial charge in [0.05, 0.1) is 13.0 Å². The smallest absolute Gasteiger partial charge is 0.320 e. The minimum Gasteiger partial charge on any atom is -0.480 e. The maximum atomic E-state index is 11.5. The Hall–Kier alpha value is -1.10. The van der Waals surface area contributed by atoms with Gasteiger partial charge in [0.1, 0.15) is 6.04 Å². The van der Waals surface area contributed by atoms with Gasteiger partial charge in [0.2, 0.25) is 0 Å². The molecule has 1 heterocycles. The van der Waals surface area contributed by atoms with Gasteiger partial charge in [0.25, 0.3) is 0 Å². The molecule has 0 radical (unpaired) electrons. The summed E-state index contributed by atoms with van der Waals surface area (Å²) in [5.41, 5.74) is 0. The van der Waals surface area contributed by atoms with E-state index in [4.69, 9.17) is 9.84 Å². The van der Waals surface area contributed by atoms with Crippen molar-refractivity contribution in [3.05, 3.63) is 0 Å². The van der Waals surface area contributed by atoms with E-state index >= 15 is 0 Å². The third kappa shape index (κ3) is 2.52. The molecule has 1 aliphatic heterocycles. The van der Waals surface area contributed by atoms with Crippen LogP contribution in [0.4, 0.5) is 0 Å². The van der Waals surface area contributed by atoms with Crippen LogP contribution in [0, 0.1) is 11.8 Å². The first-order valence-corrected chi connectivity index (χ1v) is 5.55. The largest absolute Gasteiger partial charge is 0.480 e. The first kappa shape index (κ1) is 13.0. The van der Waals surface area contributed by atoms with Gasteiger partial charge < -0.3 is 9.84 Å². The number of carbonyl (C=O) groups excluding carboxylic acids is 1. The third-order valence-corrected chi connectivity index (χ3v) is 3.26. The second-order valence-electron chi connectivity index (χ2n) is 4.32. The van der Waals surface area contributed by atoms with E-state index in [1.807, 2.05) is 18.7 Å². The molecule has 3 atom stereocenters. The van der Waals surface area contributed by atoms with Crippen LogP contribution in [0.15, 0.2) is 0 Å². The van der Waals surface area contributed by atoms with E-state index < -0.39 is 12.0 Å². The van der Waals surface area contributed by atoms with Crippen molar-refractivity contribution in [2.24, 2.45) is 11.8 Å². The van der Waals surface area contributed by atoms with Crippen molar-refractivity contribution in [2.75, 3.05) is 20.2 Å².